The lowest BCUT2D eigenvalue weighted by Crippen LogP contribution is -2.09. The van der Waals surface area contributed by atoms with E-state index in [1.165, 1.54) is 0 Å². The van der Waals surface area contributed by atoms with Crippen molar-refractivity contribution in [1.82, 2.24) is 14.5 Å². The maximum atomic E-state index is 6.25. The van der Waals surface area contributed by atoms with Crippen LogP contribution in [0.2, 0.25) is 0 Å². The predicted molar refractivity (Wildman–Crippen MR) is 83.8 cm³/mol. The van der Waals surface area contributed by atoms with Crippen molar-refractivity contribution in [2.75, 3.05) is 26.9 Å². The molecule has 2 rings (SSSR count). The van der Waals surface area contributed by atoms with Gasteiger partial charge >= 0.3 is 0 Å². The third-order valence-corrected chi connectivity index (χ3v) is 3.52. The number of ether oxygens (including phenoxy) is 2. The second kappa shape index (κ2) is 7.73. The second-order valence-electron chi connectivity index (χ2n) is 5.00. The first-order valence-electron chi connectivity index (χ1n) is 7.17. The van der Waals surface area contributed by atoms with Gasteiger partial charge in [-0.25, -0.2) is 9.97 Å². The summed E-state index contributed by atoms with van der Waals surface area (Å²) in [5, 5.41) is -0.145. The molecule has 1 unspecified atom stereocenters. The van der Waals surface area contributed by atoms with E-state index in [-0.39, 0.29) is 5.38 Å². The molecule has 0 fully saturated rings. The highest BCUT2D eigenvalue weighted by molar-refractivity contribution is 6.20. The number of aryl methyl sites for hydroxylation is 2. The largest absolute Gasteiger partial charge is 0.382 e. The van der Waals surface area contributed by atoms with E-state index < -0.39 is 0 Å². The molecule has 2 heterocycles. The van der Waals surface area contributed by atoms with Gasteiger partial charge in [0.2, 0.25) is 0 Å². The van der Waals surface area contributed by atoms with Crippen molar-refractivity contribution in [3.63, 3.8) is 0 Å². The zero-order chi connectivity index (χ0) is 15.2. The van der Waals surface area contributed by atoms with Crippen molar-refractivity contribution < 1.29 is 9.47 Å². The highest BCUT2D eigenvalue weighted by atomic mass is 35.5. The molecule has 0 radical (unpaired) electrons. The fraction of sp³-hybridized carbons (Fsp3) is 0.600. The Balaban J connectivity index is 2.10. The summed E-state index contributed by atoms with van der Waals surface area (Å²) in [5.41, 5.74) is 2.95. The molecule has 116 valence electrons. The van der Waals surface area contributed by atoms with Crippen molar-refractivity contribution in [2.24, 2.45) is 0 Å². The molecule has 2 aromatic heterocycles. The van der Waals surface area contributed by atoms with Crippen LogP contribution in [0.25, 0.3) is 11.2 Å². The average molecular weight is 312 g/mol. The van der Waals surface area contributed by atoms with E-state index in [4.69, 9.17) is 21.1 Å². The van der Waals surface area contributed by atoms with E-state index in [0.29, 0.717) is 19.8 Å². The Labute approximate surface area is 130 Å². The number of rotatable bonds is 8. The second-order valence-corrected chi connectivity index (χ2v) is 5.65. The van der Waals surface area contributed by atoms with Gasteiger partial charge in [0.1, 0.15) is 11.3 Å². The fourth-order valence-electron chi connectivity index (χ4n) is 2.25. The summed E-state index contributed by atoms with van der Waals surface area (Å²) >= 11 is 6.25. The van der Waals surface area contributed by atoms with Crippen LogP contribution in [0.1, 0.15) is 30.1 Å². The fourth-order valence-corrected chi connectivity index (χ4v) is 2.41. The molecule has 0 saturated carbocycles. The SMILES string of the molecule is COCCOCCCn1c(C(C)Cl)nc2c(C)ccnc21. The Kier molecular flexibility index (Phi) is 5.96. The first kappa shape index (κ1) is 16.2. The molecule has 0 amide bonds. The van der Waals surface area contributed by atoms with Crippen molar-refractivity contribution in [3.8, 4) is 0 Å². The smallest absolute Gasteiger partial charge is 0.160 e. The van der Waals surface area contributed by atoms with Gasteiger partial charge < -0.3 is 14.0 Å². The van der Waals surface area contributed by atoms with E-state index in [0.717, 1.165) is 35.5 Å². The number of methoxy groups -OCH3 is 1. The Hall–Kier alpha value is -1.17. The molecule has 0 aliphatic rings. The van der Waals surface area contributed by atoms with Crippen molar-refractivity contribution in [2.45, 2.75) is 32.2 Å². The summed E-state index contributed by atoms with van der Waals surface area (Å²) in [6, 6.07) is 1.97. The summed E-state index contributed by atoms with van der Waals surface area (Å²) in [5.74, 6) is 0.866. The Bertz CT molecular complexity index is 584. The highest BCUT2D eigenvalue weighted by Crippen LogP contribution is 2.25. The van der Waals surface area contributed by atoms with Crippen LogP contribution in [-0.4, -0.2) is 41.5 Å². The molecule has 0 aliphatic heterocycles. The minimum absolute atomic E-state index is 0.145. The van der Waals surface area contributed by atoms with E-state index in [1.54, 1.807) is 7.11 Å². The van der Waals surface area contributed by atoms with E-state index >= 15 is 0 Å². The van der Waals surface area contributed by atoms with Crippen molar-refractivity contribution in [1.29, 1.82) is 0 Å². The molecular weight excluding hydrogens is 290 g/mol. The third kappa shape index (κ3) is 3.93. The quantitative estimate of drug-likeness (QED) is 0.555. The number of fused-ring (bicyclic) bond motifs is 1. The summed E-state index contributed by atoms with van der Waals surface area (Å²) in [6.07, 6.45) is 2.70. The number of hydrogen-bond acceptors (Lipinski definition) is 4. The highest BCUT2D eigenvalue weighted by Gasteiger charge is 2.16. The number of imidazole rings is 1. The van der Waals surface area contributed by atoms with Gasteiger partial charge in [-0.1, -0.05) is 0 Å². The van der Waals surface area contributed by atoms with Crippen LogP contribution in [0.15, 0.2) is 12.3 Å². The monoisotopic (exact) mass is 311 g/mol. The van der Waals surface area contributed by atoms with E-state index in [9.17, 15) is 0 Å². The molecule has 21 heavy (non-hydrogen) atoms. The molecule has 2 aromatic rings. The normalized spacial score (nSPS) is 13.0. The first-order valence-corrected chi connectivity index (χ1v) is 7.61. The minimum atomic E-state index is -0.145. The molecule has 5 nitrogen and oxygen atoms in total. The number of nitrogens with zero attached hydrogens (tertiary/aromatic N) is 3. The van der Waals surface area contributed by atoms with Crippen LogP contribution in [0.3, 0.4) is 0 Å². The summed E-state index contributed by atoms with van der Waals surface area (Å²) < 4.78 is 12.5. The minimum Gasteiger partial charge on any atom is -0.382 e. The zero-order valence-electron chi connectivity index (χ0n) is 12.8. The topological polar surface area (TPSA) is 49.2 Å². The van der Waals surface area contributed by atoms with Gasteiger partial charge in [-0.2, -0.15) is 0 Å². The zero-order valence-corrected chi connectivity index (χ0v) is 13.6. The molecule has 1 atom stereocenters. The Morgan fingerprint density at radius 1 is 1.33 bits per heavy atom. The summed E-state index contributed by atoms with van der Waals surface area (Å²) in [6.45, 7) is 6.70. The van der Waals surface area contributed by atoms with Crippen molar-refractivity contribution >= 4 is 22.8 Å². The van der Waals surface area contributed by atoms with Gasteiger partial charge in [0.05, 0.1) is 18.6 Å². The standard InChI is InChI=1S/C15H22ClN3O2/c1-11-5-6-17-15-13(11)18-14(12(2)16)19(15)7-4-8-21-10-9-20-3/h5-6,12H,4,7-10H2,1-3H3. The van der Waals surface area contributed by atoms with Crippen LogP contribution in [0.5, 0.6) is 0 Å². The van der Waals surface area contributed by atoms with Crippen molar-refractivity contribution in [3.05, 3.63) is 23.7 Å². The maximum Gasteiger partial charge on any atom is 0.160 e. The lowest BCUT2D eigenvalue weighted by atomic mass is 10.3. The molecule has 0 aliphatic carbocycles. The average Bonchev–Trinajstić information content (AvgIpc) is 2.83. The molecular formula is C15H22ClN3O2. The maximum absolute atomic E-state index is 6.25. The van der Waals surface area contributed by atoms with Gasteiger partial charge in [0.25, 0.3) is 0 Å². The van der Waals surface area contributed by atoms with Crippen LogP contribution in [-0.2, 0) is 16.0 Å². The molecule has 0 N–H and O–H groups in total. The number of aromatic nitrogens is 3. The predicted octanol–water partition coefficient (Wildman–Crippen LogP) is 3.09. The van der Waals surface area contributed by atoms with Crippen LogP contribution < -0.4 is 0 Å². The Morgan fingerprint density at radius 3 is 2.86 bits per heavy atom. The third-order valence-electron chi connectivity index (χ3n) is 3.32. The van der Waals surface area contributed by atoms with Gasteiger partial charge in [-0.05, 0) is 31.9 Å². The van der Waals surface area contributed by atoms with Gasteiger partial charge in [0.15, 0.2) is 5.65 Å². The Morgan fingerprint density at radius 2 is 2.14 bits per heavy atom. The van der Waals surface area contributed by atoms with Crippen LogP contribution in [0, 0.1) is 6.92 Å². The van der Waals surface area contributed by atoms with Gasteiger partial charge in [-0.15, -0.1) is 11.6 Å². The lowest BCUT2D eigenvalue weighted by molar-refractivity contribution is 0.0680. The number of hydrogen-bond donors (Lipinski definition) is 0. The van der Waals surface area contributed by atoms with E-state index in [1.807, 2.05) is 26.1 Å². The number of alkyl halides is 1. The van der Waals surface area contributed by atoms with Gasteiger partial charge in [-0.3, -0.25) is 0 Å². The number of halogens is 1. The lowest BCUT2D eigenvalue weighted by Gasteiger charge is -2.10. The molecule has 0 spiro atoms. The van der Waals surface area contributed by atoms with E-state index in [2.05, 4.69) is 14.5 Å². The molecule has 0 saturated heterocycles. The molecule has 0 bridgehead atoms. The van der Waals surface area contributed by atoms with Gasteiger partial charge in [0, 0.05) is 26.5 Å². The summed E-state index contributed by atoms with van der Waals surface area (Å²) in [7, 11) is 1.67. The number of pyridine rings is 1. The summed E-state index contributed by atoms with van der Waals surface area (Å²) in [4.78, 5) is 9.10. The molecule has 0 aromatic carbocycles. The van der Waals surface area contributed by atoms with Crippen LogP contribution >= 0.6 is 11.6 Å². The van der Waals surface area contributed by atoms with Crippen LogP contribution in [0.4, 0.5) is 0 Å². The first-order chi connectivity index (χ1) is 10.1. The molecule has 6 heteroatoms.